The average Bonchev–Trinajstić information content (AvgIpc) is 2.75. The van der Waals surface area contributed by atoms with Crippen molar-refractivity contribution in [1.82, 2.24) is 9.55 Å². The number of benzene rings is 2. The van der Waals surface area contributed by atoms with Crippen molar-refractivity contribution in [3.63, 3.8) is 0 Å². The molecule has 0 aliphatic carbocycles. The van der Waals surface area contributed by atoms with Gasteiger partial charge in [-0.15, -0.1) is 0 Å². The van der Waals surface area contributed by atoms with E-state index in [0.29, 0.717) is 21.5 Å². The molecule has 2 N–H and O–H groups in total. The molecule has 2 aromatic carbocycles. The van der Waals surface area contributed by atoms with Crippen molar-refractivity contribution >= 4 is 48.8 Å². The van der Waals surface area contributed by atoms with E-state index in [9.17, 15) is 4.39 Å². The molecular weight excluding hydrogens is 401 g/mol. The number of nitrogens with two attached hydrogens (primary N) is 1. The van der Waals surface area contributed by atoms with E-state index in [2.05, 4.69) is 36.8 Å². The second kappa shape index (κ2) is 5.42. The van der Waals surface area contributed by atoms with Crippen LogP contribution in [0.3, 0.4) is 0 Å². The monoisotopic (exact) mass is 411 g/mol. The Balaban J connectivity index is 2.17. The van der Waals surface area contributed by atoms with Gasteiger partial charge in [-0.25, -0.2) is 9.37 Å². The molecule has 21 heavy (non-hydrogen) atoms. The Labute approximate surface area is 138 Å². The van der Waals surface area contributed by atoms with E-state index in [1.54, 1.807) is 6.07 Å². The van der Waals surface area contributed by atoms with Crippen LogP contribution < -0.4 is 5.73 Å². The van der Waals surface area contributed by atoms with E-state index >= 15 is 0 Å². The predicted molar refractivity (Wildman–Crippen MR) is 89.8 cm³/mol. The molecule has 6 heteroatoms. The van der Waals surface area contributed by atoms with E-state index in [4.69, 9.17) is 5.73 Å². The molecule has 0 amide bonds. The lowest BCUT2D eigenvalue weighted by Crippen LogP contribution is -2.10. The van der Waals surface area contributed by atoms with Gasteiger partial charge < -0.3 is 10.3 Å². The van der Waals surface area contributed by atoms with Crippen LogP contribution in [0.1, 0.15) is 18.5 Å². The lowest BCUT2D eigenvalue weighted by molar-refractivity contribution is 0.619. The fraction of sp³-hybridized carbons (Fsp3) is 0.133. The fourth-order valence-corrected chi connectivity index (χ4v) is 3.00. The third kappa shape index (κ3) is 2.58. The van der Waals surface area contributed by atoms with E-state index in [1.165, 1.54) is 6.07 Å². The zero-order valence-electron chi connectivity index (χ0n) is 11.1. The molecule has 0 saturated carbocycles. The van der Waals surface area contributed by atoms with Crippen LogP contribution in [0.5, 0.6) is 0 Å². The van der Waals surface area contributed by atoms with Crippen LogP contribution in [0.4, 0.5) is 10.3 Å². The molecule has 0 saturated heterocycles. The highest BCUT2D eigenvalue weighted by Gasteiger charge is 2.17. The summed E-state index contributed by atoms with van der Waals surface area (Å²) in [7, 11) is 0. The molecule has 1 unspecified atom stereocenters. The first-order chi connectivity index (χ1) is 9.97. The zero-order chi connectivity index (χ0) is 15.1. The number of nitrogens with zero attached hydrogens (tertiary/aromatic N) is 2. The molecule has 1 atom stereocenters. The molecule has 1 heterocycles. The van der Waals surface area contributed by atoms with Crippen LogP contribution >= 0.6 is 31.9 Å². The summed E-state index contributed by atoms with van der Waals surface area (Å²) in [6, 6.07) is 11.0. The van der Waals surface area contributed by atoms with Crippen molar-refractivity contribution in [2.45, 2.75) is 13.0 Å². The lowest BCUT2D eigenvalue weighted by Gasteiger charge is -2.16. The molecule has 3 nitrogen and oxygen atoms in total. The van der Waals surface area contributed by atoms with Gasteiger partial charge in [-0.1, -0.05) is 28.1 Å². The van der Waals surface area contributed by atoms with E-state index in [1.807, 2.05) is 35.8 Å². The van der Waals surface area contributed by atoms with Crippen LogP contribution in [-0.4, -0.2) is 9.55 Å². The van der Waals surface area contributed by atoms with Gasteiger partial charge in [0.1, 0.15) is 5.82 Å². The molecule has 1 aromatic heterocycles. The third-order valence-electron chi connectivity index (χ3n) is 3.50. The fourth-order valence-electron chi connectivity index (χ4n) is 2.41. The number of fused-ring (bicyclic) bond motifs is 1. The molecule has 0 aliphatic rings. The number of aromatic nitrogens is 2. The van der Waals surface area contributed by atoms with Crippen molar-refractivity contribution in [2.24, 2.45) is 0 Å². The van der Waals surface area contributed by atoms with E-state index in [-0.39, 0.29) is 11.9 Å². The van der Waals surface area contributed by atoms with Crippen LogP contribution in [0.25, 0.3) is 11.0 Å². The molecule has 3 rings (SSSR count). The minimum atomic E-state index is -0.327. The summed E-state index contributed by atoms with van der Waals surface area (Å²) < 4.78 is 17.1. The second-order valence-corrected chi connectivity index (χ2v) is 6.59. The van der Waals surface area contributed by atoms with Gasteiger partial charge in [0.2, 0.25) is 5.95 Å². The van der Waals surface area contributed by atoms with Crippen molar-refractivity contribution in [2.75, 3.05) is 5.73 Å². The quantitative estimate of drug-likeness (QED) is 0.650. The predicted octanol–water partition coefficient (Wildman–Crippen LogP) is 4.89. The standard InChI is InChI=1S/C15H12Br2FN3/c1-8(9-2-4-10(16)5-3-9)21-14-7-12(18)11(17)6-13(14)20-15(21)19/h2-8H,1H3,(H2,19,20). The first-order valence-electron chi connectivity index (χ1n) is 6.35. The molecular formula is C15H12Br2FN3. The molecule has 0 radical (unpaired) electrons. The van der Waals surface area contributed by atoms with Crippen LogP contribution in [0.15, 0.2) is 45.3 Å². The van der Waals surface area contributed by atoms with Gasteiger partial charge in [0.25, 0.3) is 0 Å². The molecule has 0 fully saturated rings. The van der Waals surface area contributed by atoms with Gasteiger partial charge in [0.05, 0.1) is 21.5 Å². The van der Waals surface area contributed by atoms with Crippen LogP contribution in [-0.2, 0) is 0 Å². The summed E-state index contributed by atoms with van der Waals surface area (Å²) >= 11 is 6.59. The molecule has 0 spiro atoms. The Morgan fingerprint density at radius 2 is 1.86 bits per heavy atom. The maximum Gasteiger partial charge on any atom is 0.201 e. The van der Waals surface area contributed by atoms with Gasteiger partial charge in [-0.05, 0) is 46.6 Å². The van der Waals surface area contributed by atoms with Gasteiger partial charge in [-0.2, -0.15) is 0 Å². The Kier molecular flexibility index (Phi) is 3.75. The smallest absolute Gasteiger partial charge is 0.201 e. The first-order valence-corrected chi connectivity index (χ1v) is 7.94. The number of hydrogen-bond acceptors (Lipinski definition) is 2. The first kappa shape index (κ1) is 14.5. The number of anilines is 1. The summed E-state index contributed by atoms with van der Waals surface area (Å²) in [4.78, 5) is 4.31. The highest BCUT2D eigenvalue weighted by Crippen LogP contribution is 2.30. The Morgan fingerprint density at radius 3 is 2.52 bits per heavy atom. The topological polar surface area (TPSA) is 43.8 Å². The average molecular weight is 413 g/mol. The Hall–Kier alpha value is -1.40. The lowest BCUT2D eigenvalue weighted by atomic mass is 10.1. The number of nitrogen functional groups attached to an aromatic ring is 1. The molecule has 108 valence electrons. The Bertz CT molecular complexity index is 812. The highest BCUT2D eigenvalue weighted by molar-refractivity contribution is 9.10. The van der Waals surface area contributed by atoms with Gasteiger partial charge in [0.15, 0.2) is 0 Å². The highest BCUT2D eigenvalue weighted by atomic mass is 79.9. The molecule has 0 aliphatic heterocycles. The zero-order valence-corrected chi connectivity index (χ0v) is 14.3. The summed E-state index contributed by atoms with van der Waals surface area (Å²) in [5.41, 5.74) is 8.46. The van der Waals surface area contributed by atoms with E-state index < -0.39 is 0 Å². The van der Waals surface area contributed by atoms with Gasteiger partial charge in [0, 0.05) is 10.5 Å². The normalized spacial score (nSPS) is 12.8. The molecule has 0 bridgehead atoms. The van der Waals surface area contributed by atoms with Gasteiger partial charge >= 0.3 is 0 Å². The Morgan fingerprint density at radius 1 is 1.19 bits per heavy atom. The second-order valence-electron chi connectivity index (χ2n) is 4.82. The number of rotatable bonds is 2. The van der Waals surface area contributed by atoms with Crippen molar-refractivity contribution in [1.29, 1.82) is 0 Å². The number of hydrogen-bond donors (Lipinski definition) is 1. The maximum absolute atomic E-state index is 13.8. The summed E-state index contributed by atoms with van der Waals surface area (Å²) in [5, 5.41) is 0. The minimum absolute atomic E-state index is 0.0383. The maximum atomic E-state index is 13.8. The van der Waals surface area contributed by atoms with Crippen LogP contribution in [0.2, 0.25) is 0 Å². The summed E-state index contributed by atoms with van der Waals surface area (Å²) in [5.74, 6) is 0.0459. The van der Waals surface area contributed by atoms with Crippen molar-refractivity contribution in [3.8, 4) is 0 Å². The summed E-state index contributed by atoms with van der Waals surface area (Å²) in [6.07, 6.45) is 0. The van der Waals surface area contributed by atoms with Crippen molar-refractivity contribution < 1.29 is 4.39 Å². The minimum Gasteiger partial charge on any atom is -0.369 e. The number of halogens is 3. The van der Waals surface area contributed by atoms with Gasteiger partial charge in [-0.3, -0.25) is 0 Å². The largest absolute Gasteiger partial charge is 0.369 e. The number of imidazole rings is 1. The summed E-state index contributed by atoms with van der Waals surface area (Å²) in [6.45, 7) is 2.01. The van der Waals surface area contributed by atoms with Crippen molar-refractivity contribution in [3.05, 3.63) is 56.7 Å². The van der Waals surface area contributed by atoms with E-state index in [0.717, 1.165) is 10.0 Å². The van der Waals surface area contributed by atoms with Crippen LogP contribution in [0, 0.1) is 5.82 Å². The SMILES string of the molecule is CC(c1ccc(Br)cc1)n1c(N)nc2cc(Br)c(F)cc21. The third-order valence-corrected chi connectivity index (χ3v) is 4.63. The molecule has 3 aromatic rings.